The Labute approximate surface area is 232 Å². The monoisotopic (exact) mass is 545 g/mol. The lowest BCUT2D eigenvalue weighted by molar-refractivity contribution is -0.140. The largest absolute Gasteiger partial charge is 0.497 e. The van der Waals surface area contributed by atoms with Crippen LogP contribution in [0.25, 0.3) is 0 Å². The predicted octanol–water partition coefficient (Wildman–Crippen LogP) is 5.88. The molecule has 202 valence electrons. The average Bonchev–Trinajstić information content (AvgIpc) is 3.50. The lowest BCUT2D eigenvalue weighted by Gasteiger charge is -2.36. The van der Waals surface area contributed by atoms with Crippen molar-refractivity contribution in [2.24, 2.45) is 0 Å². The van der Waals surface area contributed by atoms with Gasteiger partial charge in [-0.25, -0.2) is 4.79 Å². The first-order valence-electron chi connectivity index (χ1n) is 12.7. The number of thiophene rings is 1. The summed E-state index contributed by atoms with van der Waals surface area (Å²) in [5, 5.41) is 5.44. The van der Waals surface area contributed by atoms with Crippen LogP contribution in [0.3, 0.4) is 0 Å². The van der Waals surface area contributed by atoms with Gasteiger partial charge in [0.05, 0.1) is 32.8 Å². The van der Waals surface area contributed by atoms with Gasteiger partial charge in [-0.3, -0.25) is 4.79 Å². The normalized spacial score (nSPS) is 18.8. The minimum Gasteiger partial charge on any atom is -0.497 e. The summed E-state index contributed by atoms with van der Waals surface area (Å²) >= 11 is 1.66. The molecule has 0 unspecified atom stereocenters. The van der Waals surface area contributed by atoms with E-state index in [-0.39, 0.29) is 18.3 Å². The summed E-state index contributed by atoms with van der Waals surface area (Å²) in [7, 11) is 4.77. The molecule has 3 aromatic rings. The zero-order valence-electron chi connectivity index (χ0n) is 22.4. The van der Waals surface area contributed by atoms with Gasteiger partial charge in [0.2, 0.25) is 0 Å². The number of carbonyl (C=O) groups is 2. The zero-order valence-corrected chi connectivity index (χ0v) is 23.2. The highest BCUT2D eigenvalue weighted by Crippen LogP contribution is 2.48. The Morgan fingerprint density at radius 3 is 2.38 bits per heavy atom. The van der Waals surface area contributed by atoms with Crippen molar-refractivity contribution in [1.29, 1.82) is 0 Å². The second-order valence-corrected chi connectivity index (χ2v) is 10.5. The molecule has 1 aliphatic heterocycles. The predicted molar refractivity (Wildman–Crippen MR) is 149 cm³/mol. The Bertz CT molecular complexity index is 1440. The summed E-state index contributed by atoms with van der Waals surface area (Å²) < 4.78 is 22.2. The number of dihydropyridines is 1. The summed E-state index contributed by atoms with van der Waals surface area (Å²) in [4.78, 5) is 28.7. The Morgan fingerprint density at radius 1 is 0.974 bits per heavy atom. The maximum absolute atomic E-state index is 13.8. The van der Waals surface area contributed by atoms with Crippen molar-refractivity contribution in [2.75, 3.05) is 21.3 Å². The van der Waals surface area contributed by atoms with E-state index in [4.69, 9.17) is 18.9 Å². The molecule has 2 aliphatic rings. The number of nitrogens with one attached hydrogen (secondary N) is 1. The molecule has 7 nitrogen and oxygen atoms in total. The second kappa shape index (κ2) is 11.4. The van der Waals surface area contributed by atoms with Crippen molar-refractivity contribution in [3.05, 3.63) is 98.5 Å². The summed E-state index contributed by atoms with van der Waals surface area (Å²) in [6.45, 7) is 1.94. The molecule has 1 aromatic heterocycles. The Kier molecular flexibility index (Phi) is 7.74. The van der Waals surface area contributed by atoms with Crippen molar-refractivity contribution in [3.8, 4) is 17.2 Å². The zero-order chi connectivity index (χ0) is 27.5. The molecule has 0 fully saturated rings. The van der Waals surface area contributed by atoms with E-state index in [1.54, 1.807) is 44.8 Å². The van der Waals surface area contributed by atoms with E-state index < -0.39 is 11.9 Å². The van der Waals surface area contributed by atoms with Gasteiger partial charge >= 0.3 is 5.97 Å². The maximum Gasteiger partial charge on any atom is 0.337 e. The molecule has 0 spiro atoms. The van der Waals surface area contributed by atoms with Crippen LogP contribution in [0, 0.1) is 0 Å². The van der Waals surface area contributed by atoms with Crippen molar-refractivity contribution in [2.45, 2.75) is 38.2 Å². The maximum atomic E-state index is 13.8. The molecule has 5 rings (SSSR count). The molecule has 1 N–H and O–H groups in total. The highest BCUT2D eigenvalue weighted by Gasteiger charge is 2.42. The number of benzene rings is 2. The fraction of sp³-hybridized carbons (Fsp3) is 0.290. The van der Waals surface area contributed by atoms with Gasteiger partial charge in [-0.2, -0.15) is 0 Å². The fourth-order valence-corrected chi connectivity index (χ4v) is 6.19. The van der Waals surface area contributed by atoms with Crippen LogP contribution in [0.4, 0.5) is 0 Å². The number of ether oxygens (including phenoxy) is 4. The molecule has 0 bridgehead atoms. The molecule has 2 heterocycles. The van der Waals surface area contributed by atoms with E-state index in [1.165, 1.54) is 4.88 Å². The first-order chi connectivity index (χ1) is 18.9. The van der Waals surface area contributed by atoms with Crippen LogP contribution in [0.15, 0.2) is 82.5 Å². The van der Waals surface area contributed by atoms with E-state index in [0.29, 0.717) is 46.7 Å². The summed E-state index contributed by atoms with van der Waals surface area (Å²) in [6.07, 6.45) is 1.05. The lowest BCUT2D eigenvalue weighted by atomic mass is 9.72. The number of carbonyl (C=O) groups excluding carboxylic acids is 2. The van der Waals surface area contributed by atoms with Crippen LogP contribution in [0.2, 0.25) is 0 Å². The van der Waals surface area contributed by atoms with Crippen LogP contribution in [-0.2, 0) is 20.9 Å². The standard InChI is InChI=1S/C31H31NO6S/c1-18-28(31(34)38-17-19-7-9-21(35-2)10-8-19)29(23-16-22(36-3)11-12-26(23)37-4)30-24(32-18)14-20(15-25(30)33)27-6-5-13-39-27/h5-13,16,20,29,32H,14-15,17H2,1-4H3/t20-,29+/m0/s1. The summed E-state index contributed by atoms with van der Waals surface area (Å²) in [5.41, 5.74) is 3.97. The van der Waals surface area contributed by atoms with E-state index >= 15 is 0 Å². The number of Topliss-reactive ketones (excluding diaryl/α,β-unsaturated/α-hetero) is 1. The van der Waals surface area contributed by atoms with Gasteiger partial charge in [0.15, 0.2) is 5.78 Å². The first kappa shape index (κ1) is 26.6. The third kappa shape index (κ3) is 5.29. The van der Waals surface area contributed by atoms with Crippen molar-refractivity contribution in [3.63, 3.8) is 0 Å². The topological polar surface area (TPSA) is 83.1 Å². The molecule has 39 heavy (non-hydrogen) atoms. The minimum absolute atomic E-state index is 0.00461. The van der Waals surface area contributed by atoms with Crippen LogP contribution in [-0.4, -0.2) is 33.1 Å². The summed E-state index contributed by atoms with van der Waals surface area (Å²) in [6, 6.07) is 16.9. The number of hydrogen-bond acceptors (Lipinski definition) is 8. The van der Waals surface area contributed by atoms with E-state index in [1.807, 2.05) is 48.7 Å². The third-order valence-electron chi connectivity index (χ3n) is 7.27. The smallest absolute Gasteiger partial charge is 0.337 e. The van der Waals surface area contributed by atoms with Gasteiger partial charge in [-0.1, -0.05) is 18.2 Å². The number of rotatable bonds is 8. The van der Waals surface area contributed by atoms with E-state index in [9.17, 15) is 9.59 Å². The molecule has 1 aliphatic carbocycles. The van der Waals surface area contributed by atoms with Gasteiger partial charge in [-0.05, 0) is 60.7 Å². The molecule has 8 heteroatoms. The van der Waals surface area contributed by atoms with E-state index in [0.717, 1.165) is 17.0 Å². The lowest BCUT2D eigenvalue weighted by Crippen LogP contribution is -2.36. The van der Waals surface area contributed by atoms with Crippen LogP contribution in [0.5, 0.6) is 17.2 Å². The number of methoxy groups -OCH3 is 3. The quantitative estimate of drug-likeness (QED) is 0.354. The van der Waals surface area contributed by atoms with Crippen molar-refractivity contribution >= 4 is 23.1 Å². The summed E-state index contributed by atoms with van der Waals surface area (Å²) in [5.74, 6) is 0.835. The number of esters is 1. The second-order valence-electron chi connectivity index (χ2n) is 9.56. The molecular weight excluding hydrogens is 514 g/mol. The Balaban J connectivity index is 1.54. The first-order valence-corrected chi connectivity index (χ1v) is 13.6. The molecule has 2 aromatic carbocycles. The number of hydrogen-bond donors (Lipinski definition) is 1. The van der Waals surface area contributed by atoms with Crippen LogP contribution in [0.1, 0.15) is 47.6 Å². The van der Waals surface area contributed by atoms with Crippen molar-refractivity contribution < 1.29 is 28.5 Å². The molecule has 0 radical (unpaired) electrons. The molecule has 0 amide bonds. The minimum atomic E-state index is -0.661. The highest BCUT2D eigenvalue weighted by molar-refractivity contribution is 7.10. The van der Waals surface area contributed by atoms with Gasteiger partial charge < -0.3 is 24.3 Å². The molecule has 0 saturated heterocycles. The molecule has 2 atom stereocenters. The molecule has 0 saturated carbocycles. The molecular formula is C31H31NO6S. The van der Waals surface area contributed by atoms with Crippen LogP contribution < -0.4 is 19.5 Å². The SMILES string of the molecule is COc1ccc(COC(=O)C2=C(C)NC3=C(C(=O)C[C@@H](c4cccs4)C3)[C@@H]2c2cc(OC)ccc2OC)cc1. The Morgan fingerprint density at radius 2 is 1.72 bits per heavy atom. The highest BCUT2D eigenvalue weighted by atomic mass is 32.1. The van der Waals surface area contributed by atoms with Crippen molar-refractivity contribution in [1.82, 2.24) is 5.32 Å². The van der Waals surface area contributed by atoms with Gasteiger partial charge in [0, 0.05) is 39.7 Å². The van der Waals surface area contributed by atoms with Gasteiger partial charge in [0.25, 0.3) is 0 Å². The fourth-order valence-electron chi connectivity index (χ4n) is 5.36. The third-order valence-corrected chi connectivity index (χ3v) is 8.30. The van der Waals surface area contributed by atoms with Gasteiger partial charge in [-0.15, -0.1) is 11.3 Å². The van der Waals surface area contributed by atoms with Gasteiger partial charge in [0.1, 0.15) is 23.9 Å². The van der Waals surface area contributed by atoms with E-state index in [2.05, 4.69) is 11.4 Å². The number of ketones is 1. The van der Waals surface area contributed by atoms with Crippen LogP contribution >= 0.6 is 11.3 Å². The average molecular weight is 546 g/mol. The number of allylic oxidation sites excluding steroid dienone is 3. The Hall–Kier alpha value is -4.04.